The van der Waals surface area contributed by atoms with E-state index in [4.69, 9.17) is 4.74 Å². The SMILES string of the molecule is CCOc1ccc(C(=O)NC(C(=O)NCc2cccc(C(F)(F)F)c2)C(C)C)cc1. The number of nitrogens with one attached hydrogen (secondary N) is 2. The maximum absolute atomic E-state index is 12.8. The second-order valence-electron chi connectivity index (χ2n) is 7.07. The first-order valence-corrected chi connectivity index (χ1v) is 9.59. The van der Waals surface area contributed by atoms with E-state index < -0.39 is 29.6 Å². The second kappa shape index (κ2) is 10.1. The molecule has 2 rings (SSSR count). The summed E-state index contributed by atoms with van der Waals surface area (Å²) in [7, 11) is 0. The van der Waals surface area contributed by atoms with E-state index >= 15 is 0 Å². The molecular weight excluding hydrogens is 397 g/mol. The minimum Gasteiger partial charge on any atom is -0.494 e. The van der Waals surface area contributed by atoms with Crippen LogP contribution < -0.4 is 15.4 Å². The number of carbonyl (C=O) groups excluding carboxylic acids is 2. The largest absolute Gasteiger partial charge is 0.494 e. The molecule has 0 aromatic heterocycles. The van der Waals surface area contributed by atoms with Crippen LogP contribution in [0.1, 0.15) is 42.3 Å². The number of carbonyl (C=O) groups is 2. The number of ether oxygens (including phenoxy) is 1. The third kappa shape index (κ3) is 6.50. The second-order valence-corrected chi connectivity index (χ2v) is 7.07. The molecule has 5 nitrogen and oxygen atoms in total. The highest BCUT2D eigenvalue weighted by molar-refractivity contribution is 5.97. The molecule has 0 aliphatic heterocycles. The molecule has 0 aliphatic carbocycles. The standard InChI is InChI=1S/C22H25F3N2O3/c1-4-30-18-10-8-16(9-11-18)20(28)27-19(14(2)3)21(29)26-13-15-6-5-7-17(12-15)22(23,24)25/h5-12,14,19H,4,13H2,1-3H3,(H,26,29)(H,27,28). The molecule has 0 heterocycles. The van der Waals surface area contributed by atoms with Crippen LogP contribution in [0.4, 0.5) is 13.2 Å². The summed E-state index contributed by atoms with van der Waals surface area (Å²) < 4.78 is 43.8. The highest BCUT2D eigenvalue weighted by Crippen LogP contribution is 2.29. The van der Waals surface area contributed by atoms with E-state index in [1.54, 1.807) is 38.1 Å². The lowest BCUT2D eigenvalue weighted by Gasteiger charge is -2.22. The lowest BCUT2D eigenvalue weighted by atomic mass is 10.0. The van der Waals surface area contributed by atoms with Crippen molar-refractivity contribution < 1.29 is 27.5 Å². The van der Waals surface area contributed by atoms with Crippen LogP contribution in [-0.2, 0) is 17.5 Å². The quantitative estimate of drug-likeness (QED) is 0.671. The van der Waals surface area contributed by atoms with Gasteiger partial charge in [0, 0.05) is 12.1 Å². The van der Waals surface area contributed by atoms with Crippen LogP contribution in [0, 0.1) is 5.92 Å². The van der Waals surface area contributed by atoms with Crippen molar-refractivity contribution in [2.45, 2.75) is 39.5 Å². The van der Waals surface area contributed by atoms with Gasteiger partial charge in [-0.2, -0.15) is 13.2 Å². The number of amides is 2. The van der Waals surface area contributed by atoms with Gasteiger partial charge in [-0.15, -0.1) is 0 Å². The normalized spacial score (nSPS) is 12.4. The van der Waals surface area contributed by atoms with Crippen LogP contribution in [-0.4, -0.2) is 24.5 Å². The van der Waals surface area contributed by atoms with Crippen molar-refractivity contribution in [3.05, 3.63) is 65.2 Å². The zero-order valence-electron chi connectivity index (χ0n) is 17.0. The summed E-state index contributed by atoms with van der Waals surface area (Å²) in [4.78, 5) is 25.1. The van der Waals surface area contributed by atoms with Crippen molar-refractivity contribution in [2.24, 2.45) is 5.92 Å². The Morgan fingerprint density at radius 1 is 1.07 bits per heavy atom. The maximum atomic E-state index is 12.8. The monoisotopic (exact) mass is 422 g/mol. The van der Waals surface area contributed by atoms with Gasteiger partial charge >= 0.3 is 6.18 Å². The maximum Gasteiger partial charge on any atom is 0.416 e. The van der Waals surface area contributed by atoms with Gasteiger partial charge < -0.3 is 15.4 Å². The summed E-state index contributed by atoms with van der Waals surface area (Å²) in [6, 6.07) is 10.4. The Hall–Kier alpha value is -3.03. The van der Waals surface area contributed by atoms with Gasteiger partial charge in [-0.25, -0.2) is 0 Å². The molecule has 0 fully saturated rings. The van der Waals surface area contributed by atoms with Gasteiger partial charge in [-0.3, -0.25) is 9.59 Å². The molecular formula is C22H25F3N2O3. The third-order valence-corrected chi connectivity index (χ3v) is 4.38. The van der Waals surface area contributed by atoms with E-state index in [0.717, 1.165) is 12.1 Å². The predicted octanol–water partition coefficient (Wildman–Crippen LogP) is 4.17. The Morgan fingerprint density at radius 2 is 1.73 bits per heavy atom. The van der Waals surface area contributed by atoms with Gasteiger partial charge in [-0.1, -0.05) is 26.0 Å². The highest BCUT2D eigenvalue weighted by Gasteiger charge is 2.30. The van der Waals surface area contributed by atoms with Gasteiger partial charge in [0.05, 0.1) is 12.2 Å². The molecule has 0 radical (unpaired) electrons. The first-order valence-electron chi connectivity index (χ1n) is 9.59. The third-order valence-electron chi connectivity index (χ3n) is 4.38. The summed E-state index contributed by atoms with van der Waals surface area (Å²) >= 11 is 0. The average Bonchev–Trinajstić information content (AvgIpc) is 2.70. The number of hydrogen-bond donors (Lipinski definition) is 2. The minimum absolute atomic E-state index is 0.0785. The van der Waals surface area contributed by atoms with Crippen LogP contribution in [0.25, 0.3) is 0 Å². The van der Waals surface area contributed by atoms with Crippen molar-refractivity contribution in [3.8, 4) is 5.75 Å². The number of benzene rings is 2. The summed E-state index contributed by atoms with van der Waals surface area (Å²) in [6.45, 7) is 5.82. The number of rotatable bonds is 8. The van der Waals surface area contributed by atoms with Crippen LogP contribution in [0.3, 0.4) is 0 Å². The highest BCUT2D eigenvalue weighted by atomic mass is 19.4. The van der Waals surface area contributed by atoms with Gasteiger partial charge in [0.2, 0.25) is 5.91 Å². The van der Waals surface area contributed by atoms with Crippen molar-refractivity contribution in [3.63, 3.8) is 0 Å². The molecule has 8 heteroatoms. The summed E-state index contributed by atoms with van der Waals surface area (Å²) in [5.74, 6) is -0.487. The van der Waals surface area contributed by atoms with Crippen molar-refractivity contribution in [1.29, 1.82) is 0 Å². The van der Waals surface area contributed by atoms with Gasteiger partial charge in [0.15, 0.2) is 0 Å². The van der Waals surface area contributed by atoms with Gasteiger partial charge in [0.1, 0.15) is 11.8 Å². The number of halogens is 3. The average molecular weight is 422 g/mol. The predicted molar refractivity (Wildman–Crippen MR) is 107 cm³/mol. The molecule has 0 spiro atoms. The summed E-state index contributed by atoms with van der Waals surface area (Å²) in [5, 5.41) is 5.28. The van der Waals surface area contributed by atoms with E-state index in [1.807, 2.05) is 6.92 Å². The molecule has 0 bridgehead atoms. The minimum atomic E-state index is -4.45. The molecule has 2 amide bonds. The van der Waals surface area contributed by atoms with Crippen molar-refractivity contribution in [2.75, 3.05) is 6.61 Å². The zero-order valence-corrected chi connectivity index (χ0v) is 17.0. The Labute approximate surface area is 173 Å². The molecule has 30 heavy (non-hydrogen) atoms. The molecule has 2 aromatic carbocycles. The van der Waals surface area contributed by atoms with E-state index in [9.17, 15) is 22.8 Å². The van der Waals surface area contributed by atoms with E-state index in [0.29, 0.717) is 23.5 Å². The lowest BCUT2D eigenvalue weighted by molar-refractivity contribution is -0.137. The van der Waals surface area contributed by atoms with E-state index in [1.165, 1.54) is 12.1 Å². The van der Waals surface area contributed by atoms with Gasteiger partial charge in [0.25, 0.3) is 5.91 Å². The van der Waals surface area contributed by atoms with Crippen molar-refractivity contribution in [1.82, 2.24) is 10.6 Å². The van der Waals surface area contributed by atoms with Crippen molar-refractivity contribution >= 4 is 11.8 Å². The topological polar surface area (TPSA) is 67.4 Å². The fourth-order valence-electron chi connectivity index (χ4n) is 2.79. The molecule has 0 aliphatic rings. The Morgan fingerprint density at radius 3 is 2.30 bits per heavy atom. The number of hydrogen-bond acceptors (Lipinski definition) is 3. The van der Waals surface area contributed by atoms with Crippen LogP contribution in [0.2, 0.25) is 0 Å². The molecule has 0 saturated carbocycles. The Balaban J connectivity index is 2.01. The first kappa shape index (κ1) is 23.3. The van der Waals surface area contributed by atoms with Gasteiger partial charge in [-0.05, 0) is 54.8 Å². The zero-order chi connectivity index (χ0) is 22.3. The molecule has 0 saturated heterocycles. The molecule has 162 valence electrons. The van der Waals surface area contributed by atoms with E-state index in [-0.39, 0.29) is 12.5 Å². The number of alkyl halides is 3. The fraction of sp³-hybridized carbons (Fsp3) is 0.364. The lowest BCUT2D eigenvalue weighted by Crippen LogP contribution is -2.49. The summed E-state index contributed by atoms with van der Waals surface area (Å²) in [5.41, 5.74) is -0.0910. The first-order chi connectivity index (χ1) is 14.1. The fourth-order valence-corrected chi connectivity index (χ4v) is 2.79. The Kier molecular flexibility index (Phi) is 7.86. The van der Waals surface area contributed by atoms with Crippen LogP contribution in [0.15, 0.2) is 48.5 Å². The van der Waals surface area contributed by atoms with Crippen LogP contribution >= 0.6 is 0 Å². The molecule has 2 N–H and O–H groups in total. The van der Waals surface area contributed by atoms with Crippen LogP contribution in [0.5, 0.6) is 5.75 Å². The smallest absolute Gasteiger partial charge is 0.416 e. The summed E-state index contributed by atoms with van der Waals surface area (Å²) in [6.07, 6.45) is -4.45. The molecule has 1 atom stereocenters. The Bertz CT molecular complexity index is 865. The van der Waals surface area contributed by atoms with E-state index in [2.05, 4.69) is 10.6 Å². The molecule has 2 aromatic rings. The molecule has 1 unspecified atom stereocenters.